The lowest BCUT2D eigenvalue weighted by Crippen LogP contribution is -2.41. The van der Waals surface area contributed by atoms with Crippen LogP contribution in [0.5, 0.6) is 0 Å². The van der Waals surface area contributed by atoms with Gasteiger partial charge in [0.2, 0.25) is 10.0 Å². The van der Waals surface area contributed by atoms with E-state index in [0.717, 1.165) is 44.9 Å². The molecule has 0 aliphatic heterocycles. The molecule has 2 aliphatic carbocycles. The fourth-order valence-electron chi connectivity index (χ4n) is 4.39. The number of benzene rings is 1. The molecule has 1 aromatic rings. The molecule has 0 saturated heterocycles. The van der Waals surface area contributed by atoms with Crippen LogP contribution in [0.25, 0.3) is 0 Å². The van der Waals surface area contributed by atoms with Gasteiger partial charge in [-0.25, -0.2) is 8.42 Å². The Morgan fingerprint density at radius 3 is 2.41 bits per heavy atom. The highest BCUT2D eigenvalue weighted by atomic mass is 32.2. The zero-order valence-corrected chi connectivity index (χ0v) is 17.3. The summed E-state index contributed by atoms with van der Waals surface area (Å²) in [6, 6.07) is 6.72. The minimum absolute atomic E-state index is 0.0596. The van der Waals surface area contributed by atoms with Gasteiger partial charge in [0.25, 0.3) is 5.91 Å². The molecule has 1 amide bonds. The van der Waals surface area contributed by atoms with Crippen molar-refractivity contribution < 1.29 is 13.2 Å². The first-order chi connectivity index (χ1) is 12.9. The Morgan fingerprint density at radius 1 is 1.04 bits per heavy atom. The molecule has 0 aromatic heterocycles. The van der Waals surface area contributed by atoms with Gasteiger partial charge in [0.1, 0.15) is 0 Å². The van der Waals surface area contributed by atoms with E-state index in [-0.39, 0.29) is 22.9 Å². The zero-order valence-electron chi connectivity index (χ0n) is 16.5. The molecule has 2 aliphatic rings. The third-order valence-electron chi connectivity index (χ3n) is 6.29. The molecule has 3 rings (SSSR count). The number of nitrogens with one attached hydrogen (secondary N) is 1. The maximum absolute atomic E-state index is 13.0. The predicted molar refractivity (Wildman–Crippen MR) is 107 cm³/mol. The summed E-state index contributed by atoms with van der Waals surface area (Å²) in [6.45, 7) is 2.17. The smallest absolute Gasteiger partial charge is 0.251 e. The van der Waals surface area contributed by atoms with E-state index in [1.54, 1.807) is 25.2 Å². The highest BCUT2D eigenvalue weighted by molar-refractivity contribution is 7.89. The third-order valence-corrected chi connectivity index (χ3v) is 8.20. The molecule has 0 spiro atoms. The van der Waals surface area contributed by atoms with Gasteiger partial charge < -0.3 is 5.32 Å². The number of carbonyl (C=O) groups is 1. The lowest BCUT2D eigenvalue weighted by Gasteiger charge is -2.30. The first kappa shape index (κ1) is 20.3. The summed E-state index contributed by atoms with van der Waals surface area (Å²) in [6.07, 6.45) is 9.63. The van der Waals surface area contributed by atoms with Crippen molar-refractivity contribution in [3.05, 3.63) is 29.8 Å². The second-order valence-electron chi connectivity index (χ2n) is 8.18. The lowest BCUT2D eigenvalue weighted by molar-refractivity contribution is 0.0910. The van der Waals surface area contributed by atoms with Crippen molar-refractivity contribution in [3.63, 3.8) is 0 Å². The third kappa shape index (κ3) is 4.72. The molecule has 27 heavy (non-hydrogen) atoms. The van der Waals surface area contributed by atoms with E-state index in [1.165, 1.54) is 23.2 Å². The van der Waals surface area contributed by atoms with Crippen LogP contribution in [-0.2, 0) is 10.0 Å². The standard InChI is InChI=1S/C21H32N2O3S/c1-16-9-6-7-14-20(16)22-21(24)17-10-8-13-19(15-17)27(25,26)23(2)18-11-4-3-5-12-18/h8,10,13,15-16,18,20H,3-7,9,11-12,14H2,1-2H3,(H,22,24)/t16-,20+/m1/s1. The number of nitrogens with zero attached hydrogens (tertiary/aromatic N) is 1. The Hall–Kier alpha value is -1.40. The van der Waals surface area contributed by atoms with Crippen LogP contribution in [0, 0.1) is 5.92 Å². The van der Waals surface area contributed by atoms with Crippen molar-refractivity contribution >= 4 is 15.9 Å². The van der Waals surface area contributed by atoms with E-state index in [9.17, 15) is 13.2 Å². The Labute approximate surface area is 163 Å². The van der Waals surface area contributed by atoms with Crippen molar-refractivity contribution in [2.45, 2.75) is 81.7 Å². The number of amides is 1. The summed E-state index contributed by atoms with van der Waals surface area (Å²) in [5.74, 6) is 0.290. The van der Waals surface area contributed by atoms with Crippen LogP contribution in [0.15, 0.2) is 29.2 Å². The molecule has 0 heterocycles. The van der Waals surface area contributed by atoms with Crippen molar-refractivity contribution in [2.75, 3.05) is 7.05 Å². The van der Waals surface area contributed by atoms with Gasteiger partial charge >= 0.3 is 0 Å². The molecule has 0 radical (unpaired) electrons. The summed E-state index contributed by atoms with van der Waals surface area (Å²) in [4.78, 5) is 12.9. The number of rotatable bonds is 5. The SMILES string of the molecule is C[C@@H]1CCCC[C@@H]1NC(=O)c1cccc(S(=O)(=O)N(C)C2CCCCC2)c1. The van der Waals surface area contributed by atoms with Gasteiger partial charge in [0, 0.05) is 24.7 Å². The largest absolute Gasteiger partial charge is 0.349 e. The van der Waals surface area contributed by atoms with Crippen LogP contribution in [0.2, 0.25) is 0 Å². The molecular weight excluding hydrogens is 360 g/mol. The van der Waals surface area contributed by atoms with Crippen LogP contribution < -0.4 is 5.32 Å². The zero-order chi connectivity index (χ0) is 19.4. The first-order valence-corrected chi connectivity index (χ1v) is 11.7. The quantitative estimate of drug-likeness (QED) is 0.825. The molecule has 2 atom stereocenters. The number of hydrogen-bond acceptors (Lipinski definition) is 3. The van der Waals surface area contributed by atoms with Crippen LogP contribution in [-0.4, -0.2) is 37.8 Å². The maximum atomic E-state index is 13.0. The van der Waals surface area contributed by atoms with Crippen molar-refractivity contribution in [1.82, 2.24) is 9.62 Å². The highest BCUT2D eigenvalue weighted by Gasteiger charge is 2.30. The van der Waals surface area contributed by atoms with E-state index < -0.39 is 10.0 Å². The maximum Gasteiger partial charge on any atom is 0.251 e. The van der Waals surface area contributed by atoms with Gasteiger partial charge in [-0.2, -0.15) is 4.31 Å². The average Bonchev–Trinajstić information content (AvgIpc) is 2.70. The van der Waals surface area contributed by atoms with Gasteiger partial charge in [-0.3, -0.25) is 4.79 Å². The first-order valence-electron chi connectivity index (χ1n) is 10.3. The topological polar surface area (TPSA) is 66.5 Å². The van der Waals surface area contributed by atoms with Crippen LogP contribution in [0.4, 0.5) is 0 Å². The summed E-state index contributed by atoms with van der Waals surface area (Å²) in [5, 5.41) is 3.11. The highest BCUT2D eigenvalue weighted by Crippen LogP contribution is 2.27. The molecule has 2 fully saturated rings. The minimum atomic E-state index is -3.59. The molecule has 6 heteroatoms. The van der Waals surface area contributed by atoms with Gasteiger partial charge in [0.05, 0.1) is 4.90 Å². The van der Waals surface area contributed by atoms with Crippen LogP contribution in [0.1, 0.15) is 75.1 Å². The van der Waals surface area contributed by atoms with Gasteiger partial charge in [-0.1, -0.05) is 45.1 Å². The molecule has 2 saturated carbocycles. The van der Waals surface area contributed by atoms with E-state index in [4.69, 9.17) is 0 Å². The van der Waals surface area contributed by atoms with Gasteiger partial charge in [-0.15, -0.1) is 0 Å². The van der Waals surface area contributed by atoms with Crippen LogP contribution in [0.3, 0.4) is 0 Å². The Balaban J connectivity index is 1.74. The van der Waals surface area contributed by atoms with E-state index in [1.807, 2.05) is 0 Å². The molecule has 1 N–H and O–H groups in total. The molecule has 0 unspecified atom stereocenters. The minimum Gasteiger partial charge on any atom is -0.349 e. The predicted octanol–water partition coefficient (Wildman–Crippen LogP) is 3.95. The Kier molecular flexibility index (Phi) is 6.58. The fourth-order valence-corrected chi connectivity index (χ4v) is 5.85. The summed E-state index contributed by atoms with van der Waals surface area (Å²) >= 11 is 0. The normalized spacial score (nSPS) is 24.7. The summed E-state index contributed by atoms with van der Waals surface area (Å²) in [7, 11) is -1.92. The summed E-state index contributed by atoms with van der Waals surface area (Å²) < 4.78 is 27.6. The van der Waals surface area contributed by atoms with Gasteiger partial charge in [-0.05, 0) is 49.8 Å². The number of sulfonamides is 1. The molecule has 150 valence electrons. The fraction of sp³-hybridized carbons (Fsp3) is 0.667. The van der Waals surface area contributed by atoms with Gasteiger partial charge in [0.15, 0.2) is 0 Å². The average molecular weight is 393 g/mol. The molecule has 1 aromatic carbocycles. The second-order valence-corrected chi connectivity index (χ2v) is 10.2. The van der Waals surface area contributed by atoms with Crippen molar-refractivity contribution in [3.8, 4) is 0 Å². The monoisotopic (exact) mass is 392 g/mol. The van der Waals surface area contributed by atoms with Crippen molar-refractivity contribution in [2.24, 2.45) is 5.92 Å². The Bertz CT molecular complexity index is 756. The second kappa shape index (κ2) is 8.74. The molecule has 0 bridgehead atoms. The Morgan fingerprint density at radius 2 is 1.70 bits per heavy atom. The molecular formula is C21H32N2O3S. The van der Waals surface area contributed by atoms with E-state index in [2.05, 4.69) is 12.2 Å². The van der Waals surface area contributed by atoms with E-state index in [0.29, 0.717) is 11.5 Å². The number of carbonyl (C=O) groups excluding carboxylic acids is 1. The lowest BCUT2D eigenvalue weighted by atomic mass is 9.86. The molecule has 5 nitrogen and oxygen atoms in total. The van der Waals surface area contributed by atoms with Crippen LogP contribution >= 0.6 is 0 Å². The van der Waals surface area contributed by atoms with E-state index >= 15 is 0 Å². The number of hydrogen-bond donors (Lipinski definition) is 1. The van der Waals surface area contributed by atoms with Crippen molar-refractivity contribution in [1.29, 1.82) is 0 Å². The summed E-state index contributed by atoms with van der Waals surface area (Å²) in [5.41, 5.74) is 0.422.